The Morgan fingerprint density at radius 2 is 2.03 bits per heavy atom. The van der Waals surface area contributed by atoms with Gasteiger partial charge in [-0.15, -0.1) is 22.7 Å². The molecule has 196 valence electrons. The fourth-order valence-corrected chi connectivity index (χ4v) is 8.68. The SMILES string of the molecule is CC1(C)OC(=O)c2c(NC(=O)NCc3c(-n4cccc4)sc4c3CCN(CCO)C4)sc3c2C1CCC3. The number of ether oxygens (including phenoxy) is 1. The third kappa shape index (κ3) is 4.39. The van der Waals surface area contributed by atoms with Gasteiger partial charge in [0.25, 0.3) is 0 Å². The number of rotatable bonds is 6. The van der Waals surface area contributed by atoms with Gasteiger partial charge in [-0.1, -0.05) is 0 Å². The molecule has 1 unspecified atom stereocenters. The Labute approximate surface area is 224 Å². The Morgan fingerprint density at radius 1 is 1.22 bits per heavy atom. The van der Waals surface area contributed by atoms with Crippen molar-refractivity contribution in [3.63, 3.8) is 0 Å². The number of carbonyl (C=O) groups excluding carboxylic acids is 2. The Morgan fingerprint density at radius 3 is 2.81 bits per heavy atom. The summed E-state index contributed by atoms with van der Waals surface area (Å²) < 4.78 is 7.91. The molecule has 1 aliphatic carbocycles. The highest BCUT2D eigenvalue weighted by Gasteiger charge is 2.46. The number of thiophene rings is 2. The van der Waals surface area contributed by atoms with Gasteiger partial charge in [0, 0.05) is 59.8 Å². The van der Waals surface area contributed by atoms with E-state index < -0.39 is 5.60 Å². The number of hydrogen-bond donors (Lipinski definition) is 3. The Balaban J connectivity index is 1.23. The molecule has 10 heteroatoms. The van der Waals surface area contributed by atoms with Crippen molar-refractivity contribution in [1.82, 2.24) is 14.8 Å². The van der Waals surface area contributed by atoms with Crippen LogP contribution in [0.5, 0.6) is 0 Å². The number of β-amino-alcohol motifs (C(OH)–C–C–N with tert-alkyl or cyclic N) is 1. The number of hydrogen-bond acceptors (Lipinski definition) is 7. The van der Waals surface area contributed by atoms with Gasteiger partial charge in [0.15, 0.2) is 0 Å². The maximum Gasteiger partial charge on any atom is 0.342 e. The van der Waals surface area contributed by atoms with Crippen LogP contribution in [0.25, 0.3) is 5.00 Å². The van der Waals surface area contributed by atoms with Crippen molar-refractivity contribution in [2.75, 3.05) is 25.0 Å². The van der Waals surface area contributed by atoms with E-state index in [1.54, 1.807) is 11.3 Å². The van der Waals surface area contributed by atoms with Crippen molar-refractivity contribution < 1.29 is 19.4 Å². The van der Waals surface area contributed by atoms with E-state index >= 15 is 0 Å². The lowest BCUT2D eigenvalue weighted by molar-refractivity contribution is -0.0234. The molecule has 0 bridgehead atoms. The Hall–Kier alpha value is -2.66. The number of carbonyl (C=O) groups is 2. The molecule has 5 heterocycles. The van der Waals surface area contributed by atoms with E-state index in [0.717, 1.165) is 54.9 Å². The lowest BCUT2D eigenvalue weighted by Crippen LogP contribution is -2.41. The zero-order chi connectivity index (χ0) is 25.7. The van der Waals surface area contributed by atoms with Gasteiger partial charge < -0.3 is 19.7 Å². The predicted molar refractivity (Wildman–Crippen MR) is 145 cm³/mol. The number of nitrogens with zero attached hydrogens (tertiary/aromatic N) is 2. The number of amides is 2. The predicted octanol–water partition coefficient (Wildman–Crippen LogP) is 4.64. The van der Waals surface area contributed by atoms with Crippen LogP contribution in [0.3, 0.4) is 0 Å². The summed E-state index contributed by atoms with van der Waals surface area (Å²) in [6.07, 6.45) is 7.92. The molecule has 0 aromatic carbocycles. The first kappa shape index (κ1) is 24.7. The minimum atomic E-state index is -0.528. The third-order valence-electron chi connectivity index (χ3n) is 7.80. The smallest absolute Gasteiger partial charge is 0.342 e. The van der Waals surface area contributed by atoms with Gasteiger partial charge >= 0.3 is 12.0 Å². The van der Waals surface area contributed by atoms with E-state index in [0.29, 0.717) is 23.7 Å². The molecule has 0 spiro atoms. The molecule has 2 aliphatic heterocycles. The van der Waals surface area contributed by atoms with E-state index in [1.807, 2.05) is 38.4 Å². The molecule has 3 N–H and O–H groups in total. The summed E-state index contributed by atoms with van der Waals surface area (Å²) in [7, 11) is 0. The fourth-order valence-electron chi connectivity index (χ4n) is 6.02. The Bertz CT molecular complexity index is 1340. The summed E-state index contributed by atoms with van der Waals surface area (Å²) >= 11 is 3.26. The standard InChI is InChI=1S/C27H32N4O4S2/c1-27(2)18-6-5-7-19-21(18)22(25(33)35-27)23(36-19)29-26(34)28-14-17-16-8-11-30(12-13-32)15-20(16)37-24(17)31-9-3-4-10-31/h3-4,9-10,18,32H,5-8,11-15H2,1-2H3,(H2,28,29,34). The molecule has 1 atom stereocenters. The van der Waals surface area contributed by atoms with Crippen molar-refractivity contribution >= 4 is 39.7 Å². The normalized spacial score (nSPS) is 20.2. The van der Waals surface area contributed by atoms with Crippen molar-refractivity contribution in [2.24, 2.45) is 0 Å². The highest BCUT2D eigenvalue weighted by atomic mass is 32.1. The molecule has 8 nitrogen and oxygen atoms in total. The van der Waals surface area contributed by atoms with Crippen LogP contribution in [-0.2, 0) is 30.7 Å². The summed E-state index contributed by atoms with van der Waals surface area (Å²) in [5, 5.41) is 17.1. The number of aliphatic hydroxyl groups is 1. The van der Waals surface area contributed by atoms with Crippen LogP contribution in [0.1, 0.15) is 69.4 Å². The summed E-state index contributed by atoms with van der Waals surface area (Å²) in [4.78, 5) is 30.8. The second kappa shape index (κ2) is 9.58. The quantitative estimate of drug-likeness (QED) is 0.396. The van der Waals surface area contributed by atoms with Crippen LogP contribution < -0.4 is 10.6 Å². The van der Waals surface area contributed by atoms with Crippen LogP contribution in [-0.4, -0.2) is 51.9 Å². The first-order valence-corrected chi connectivity index (χ1v) is 14.5. The molecule has 3 aromatic rings. The van der Waals surface area contributed by atoms with Gasteiger partial charge in [0.1, 0.15) is 15.6 Å². The number of esters is 1. The van der Waals surface area contributed by atoms with Gasteiger partial charge in [-0.2, -0.15) is 0 Å². The van der Waals surface area contributed by atoms with Gasteiger partial charge in [-0.25, -0.2) is 9.59 Å². The van der Waals surface area contributed by atoms with Crippen molar-refractivity contribution in [3.8, 4) is 5.00 Å². The summed E-state index contributed by atoms with van der Waals surface area (Å²) in [5.41, 5.74) is 3.52. The number of fused-ring (bicyclic) bond motifs is 1. The zero-order valence-electron chi connectivity index (χ0n) is 21.1. The molecule has 0 fully saturated rings. The molecule has 0 saturated carbocycles. The van der Waals surface area contributed by atoms with E-state index in [4.69, 9.17) is 4.74 Å². The number of nitrogens with one attached hydrogen (secondary N) is 2. The van der Waals surface area contributed by atoms with Crippen LogP contribution >= 0.6 is 22.7 Å². The van der Waals surface area contributed by atoms with E-state index in [2.05, 4.69) is 20.1 Å². The highest BCUT2D eigenvalue weighted by Crippen LogP contribution is 2.51. The minimum absolute atomic E-state index is 0.152. The number of aliphatic hydroxyl groups excluding tert-OH is 1. The molecular weight excluding hydrogens is 508 g/mol. The summed E-state index contributed by atoms with van der Waals surface area (Å²) in [5.74, 6) is -0.171. The molecule has 0 radical (unpaired) electrons. The van der Waals surface area contributed by atoms with Crippen LogP contribution in [0.15, 0.2) is 24.5 Å². The van der Waals surface area contributed by atoms with Crippen LogP contribution in [0, 0.1) is 0 Å². The second-order valence-electron chi connectivity index (χ2n) is 10.5. The third-order valence-corrected chi connectivity index (χ3v) is 10.3. The van der Waals surface area contributed by atoms with Gasteiger partial charge in [0.2, 0.25) is 0 Å². The Kier molecular flexibility index (Phi) is 6.38. The van der Waals surface area contributed by atoms with E-state index in [1.165, 1.54) is 26.7 Å². The second-order valence-corrected chi connectivity index (χ2v) is 12.7. The molecule has 2 amide bonds. The zero-order valence-corrected chi connectivity index (χ0v) is 22.8. The number of urea groups is 1. The largest absolute Gasteiger partial charge is 0.455 e. The monoisotopic (exact) mass is 540 g/mol. The molecule has 3 aromatic heterocycles. The highest BCUT2D eigenvalue weighted by molar-refractivity contribution is 7.17. The van der Waals surface area contributed by atoms with E-state index in [9.17, 15) is 14.7 Å². The van der Waals surface area contributed by atoms with Crippen LogP contribution in [0.2, 0.25) is 0 Å². The van der Waals surface area contributed by atoms with Crippen molar-refractivity contribution in [2.45, 2.75) is 64.1 Å². The topological polar surface area (TPSA) is 95.8 Å². The molecule has 0 saturated heterocycles. The van der Waals surface area contributed by atoms with Gasteiger partial charge in [0.05, 0.1) is 12.2 Å². The molecule has 6 rings (SSSR count). The summed E-state index contributed by atoms with van der Waals surface area (Å²) in [6.45, 7) is 6.88. The van der Waals surface area contributed by atoms with E-state index in [-0.39, 0.29) is 24.5 Å². The number of aryl methyl sites for hydroxylation is 1. The fraction of sp³-hybridized carbons (Fsp3) is 0.481. The first-order chi connectivity index (χ1) is 17.9. The number of cyclic esters (lactones) is 1. The summed E-state index contributed by atoms with van der Waals surface area (Å²) in [6, 6.07) is 3.68. The maximum absolute atomic E-state index is 13.1. The van der Waals surface area contributed by atoms with Crippen molar-refractivity contribution in [3.05, 3.63) is 56.5 Å². The lowest BCUT2D eigenvalue weighted by Gasteiger charge is -2.40. The van der Waals surface area contributed by atoms with Gasteiger partial charge in [-0.3, -0.25) is 10.2 Å². The molecular formula is C27H32N4O4S2. The minimum Gasteiger partial charge on any atom is -0.455 e. The average Bonchev–Trinajstić information content (AvgIpc) is 3.58. The first-order valence-electron chi connectivity index (χ1n) is 12.9. The lowest BCUT2D eigenvalue weighted by atomic mass is 9.74. The molecule has 3 aliphatic rings. The van der Waals surface area contributed by atoms with Gasteiger partial charge in [-0.05, 0) is 62.8 Å². The number of anilines is 1. The van der Waals surface area contributed by atoms with Crippen molar-refractivity contribution in [1.29, 1.82) is 0 Å². The molecule has 37 heavy (non-hydrogen) atoms. The van der Waals surface area contributed by atoms with Crippen LogP contribution in [0.4, 0.5) is 9.80 Å². The number of aromatic nitrogens is 1. The average molecular weight is 541 g/mol. The maximum atomic E-state index is 13.1.